The second-order valence-electron chi connectivity index (χ2n) is 5.53. The van der Waals surface area contributed by atoms with E-state index in [9.17, 15) is 4.79 Å². The number of benzene rings is 1. The summed E-state index contributed by atoms with van der Waals surface area (Å²) in [5.74, 6) is -0.0707. The number of halogens is 2. The van der Waals surface area contributed by atoms with Crippen LogP contribution in [0, 0.1) is 0 Å². The van der Waals surface area contributed by atoms with Crippen molar-refractivity contribution in [3.63, 3.8) is 0 Å². The topological polar surface area (TPSA) is 32.3 Å². The van der Waals surface area contributed by atoms with Crippen LogP contribution in [0.25, 0.3) is 0 Å². The molecule has 0 aliphatic rings. The molecule has 1 N–H and O–H groups in total. The Morgan fingerprint density at radius 3 is 2.64 bits per heavy atom. The Morgan fingerprint density at radius 1 is 1.16 bits per heavy atom. The number of nitrogens with one attached hydrogen (secondary N) is 1. The first-order valence-electron chi connectivity index (χ1n) is 7.58. The van der Waals surface area contributed by atoms with E-state index in [-0.39, 0.29) is 5.91 Å². The van der Waals surface area contributed by atoms with E-state index in [0.29, 0.717) is 17.1 Å². The highest BCUT2D eigenvalue weighted by Gasteiger charge is 2.10. The Balaban J connectivity index is 1.64. The van der Waals surface area contributed by atoms with Gasteiger partial charge in [-0.1, -0.05) is 29.3 Å². The van der Waals surface area contributed by atoms with Crippen molar-refractivity contribution < 1.29 is 4.79 Å². The molecule has 3 rings (SSSR count). The molecule has 0 aliphatic heterocycles. The third-order valence-corrected chi connectivity index (χ3v) is 6.01. The van der Waals surface area contributed by atoms with E-state index >= 15 is 0 Å². The number of amides is 1. The van der Waals surface area contributed by atoms with Gasteiger partial charge in [0.05, 0.1) is 28.0 Å². The smallest absolute Gasteiger partial charge is 0.229 e. The molecular weight excluding hydrogens is 395 g/mol. The molecule has 3 aromatic rings. The fourth-order valence-corrected chi connectivity index (χ4v) is 4.44. The third kappa shape index (κ3) is 4.98. The zero-order chi connectivity index (χ0) is 17.8. The standard InChI is InChI=1S/C18H16Cl2N2OS2/c1-22(11-14-5-7-17(20)25-14)12-4-6-16(15(19)9-12)21-18(23)10-13-3-2-8-24-13/h2-9H,10-11H2,1H3,(H,21,23). The van der Waals surface area contributed by atoms with Crippen molar-refractivity contribution >= 4 is 63.2 Å². The van der Waals surface area contributed by atoms with Gasteiger partial charge in [0.2, 0.25) is 5.91 Å². The minimum Gasteiger partial charge on any atom is -0.369 e. The largest absolute Gasteiger partial charge is 0.369 e. The summed E-state index contributed by atoms with van der Waals surface area (Å²) in [4.78, 5) is 16.4. The zero-order valence-corrected chi connectivity index (χ0v) is 16.6. The average molecular weight is 411 g/mol. The van der Waals surface area contributed by atoms with E-state index in [0.717, 1.165) is 21.4 Å². The van der Waals surface area contributed by atoms with Crippen LogP contribution in [0.1, 0.15) is 9.75 Å². The Kier molecular flexibility index (Phi) is 6.02. The molecule has 0 fully saturated rings. The fourth-order valence-electron chi connectivity index (χ4n) is 2.37. The fraction of sp³-hybridized carbons (Fsp3) is 0.167. The number of hydrogen-bond acceptors (Lipinski definition) is 4. The number of thiophene rings is 2. The van der Waals surface area contributed by atoms with Gasteiger partial charge in [-0.3, -0.25) is 4.79 Å². The molecule has 0 saturated carbocycles. The predicted octanol–water partition coefficient (Wildman–Crippen LogP) is 5.93. The normalized spacial score (nSPS) is 10.7. The Hall–Kier alpha value is -1.53. The van der Waals surface area contributed by atoms with Gasteiger partial charge in [-0.25, -0.2) is 0 Å². The maximum absolute atomic E-state index is 12.1. The molecule has 2 heterocycles. The van der Waals surface area contributed by atoms with Crippen molar-refractivity contribution in [3.8, 4) is 0 Å². The first kappa shape index (κ1) is 18.3. The van der Waals surface area contributed by atoms with Crippen LogP contribution in [0.4, 0.5) is 11.4 Å². The van der Waals surface area contributed by atoms with Crippen LogP contribution in [-0.4, -0.2) is 13.0 Å². The second-order valence-corrected chi connectivity index (χ2v) is 8.77. The van der Waals surface area contributed by atoms with Crippen molar-refractivity contribution in [2.24, 2.45) is 0 Å². The molecular formula is C18H16Cl2N2OS2. The molecule has 130 valence electrons. The first-order valence-corrected chi connectivity index (χ1v) is 10.0. The van der Waals surface area contributed by atoms with Crippen LogP contribution in [0.2, 0.25) is 9.36 Å². The highest BCUT2D eigenvalue weighted by Crippen LogP contribution is 2.29. The molecule has 25 heavy (non-hydrogen) atoms. The van der Waals surface area contributed by atoms with Gasteiger partial charge in [0, 0.05) is 22.5 Å². The molecule has 0 aliphatic carbocycles. The van der Waals surface area contributed by atoms with E-state index in [1.54, 1.807) is 22.7 Å². The Morgan fingerprint density at radius 2 is 2.00 bits per heavy atom. The number of nitrogens with zero attached hydrogens (tertiary/aromatic N) is 1. The van der Waals surface area contributed by atoms with Crippen LogP contribution in [0.15, 0.2) is 47.8 Å². The average Bonchev–Trinajstić information content (AvgIpc) is 3.21. The summed E-state index contributed by atoms with van der Waals surface area (Å²) < 4.78 is 0.783. The highest BCUT2D eigenvalue weighted by molar-refractivity contribution is 7.16. The van der Waals surface area contributed by atoms with Gasteiger partial charge in [0.25, 0.3) is 0 Å². The molecule has 1 amide bonds. The van der Waals surface area contributed by atoms with E-state index in [4.69, 9.17) is 23.2 Å². The summed E-state index contributed by atoms with van der Waals surface area (Å²) in [6, 6.07) is 13.4. The lowest BCUT2D eigenvalue weighted by molar-refractivity contribution is -0.115. The lowest BCUT2D eigenvalue weighted by atomic mass is 10.2. The van der Waals surface area contributed by atoms with Crippen molar-refractivity contribution in [2.45, 2.75) is 13.0 Å². The number of rotatable bonds is 6. The SMILES string of the molecule is CN(Cc1ccc(Cl)s1)c1ccc(NC(=O)Cc2cccs2)c(Cl)c1. The Bertz CT molecular complexity index is 862. The molecule has 0 saturated heterocycles. The second kappa shape index (κ2) is 8.23. The molecule has 0 radical (unpaired) electrons. The number of hydrogen-bond donors (Lipinski definition) is 1. The van der Waals surface area contributed by atoms with Gasteiger partial charge in [-0.05, 0) is 41.8 Å². The minimum atomic E-state index is -0.0707. The zero-order valence-electron chi connectivity index (χ0n) is 13.5. The highest BCUT2D eigenvalue weighted by atomic mass is 35.5. The summed E-state index contributed by atoms with van der Waals surface area (Å²) in [6.45, 7) is 0.748. The molecule has 0 atom stereocenters. The molecule has 7 heteroatoms. The van der Waals surface area contributed by atoms with Crippen molar-refractivity contribution in [2.75, 3.05) is 17.3 Å². The lowest BCUT2D eigenvalue weighted by Gasteiger charge is -2.19. The van der Waals surface area contributed by atoms with Crippen molar-refractivity contribution in [1.29, 1.82) is 0 Å². The number of carbonyl (C=O) groups is 1. The summed E-state index contributed by atoms with van der Waals surface area (Å²) >= 11 is 15.5. The molecule has 0 spiro atoms. The van der Waals surface area contributed by atoms with Crippen LogP contribution >= 0.6 is 45.9 Å². The van der Waals surface area contributed by atoms with Gasteiger partial charge < -0.3 is 10.2 Å². The van der Waals surface area contributed by atoms with E-state index < -0.39 is 0 Å². The maximum Gasteiger partial charge on any atom is 0.229 e. The number of carbonyl (C=O) groups excluding carboxylic acids is 1. The van der Waals surface area contributed by atoms with E-state index in [1.807, 2.05) is 54.9 Å². The number of anilines is 2. The summed E-state index contributed by atoms with van der Waals surface area (Å²) in [5.41, 5.74) is 1.60. The monoisotopic (exact) mass is 410 g/mol. The summed E-state index contributed by atoms with van der Waals surface area (Å²) in [7, 11) is 1.99. The lowest BCUT2D eigenvalue weighted by Crippen LogP contribution is -2.16. The third-order valence-electron chi connectivity index (χ3n) is 3.60. The maximum atomic E-state index is 12.1. The van der Waals surface area contributed by atoms with Gasteiger partial charge in [0.1, 0.15) is 0 Å². The van der Waals surface area contributed by atoms with Gasteiger partial charge in [0.15, 0.2) is 0 Å². The molecule has 0 unspecified atom stereocenters. The molecule has 3 nitrogen and oxygen atoms in total. The minimum absolute atomic E-state index is 0.0707. The molecule has 1 aromatic carbocycles. The van der Waals surface area contributed by atoms with Crippen LogP contribution in [0.5, 0.6) is 0 Å². The van der Waals surface area contributed by atoms with Crippen LogP contribution < -0.4 is 10.2 Å². The van der Waals surface area contributed by atoms with Gasteiger partial charge in [-0.15, -0.1) is 22.7 Å². The van der Waals surface area contributed by atoms with Crippen LogP contribution in [-0.2, 0) is 17.8 Å². The van der Waals surface area contributed by atoms with Gasteiger partial charge in [-0.2, -0.15) is 0 Å². The van der Waals surface area contributed by atoms with Crippen molar-refractivity contribution in [3.05, 3.63) is 67.0 Å². The van der Waals surface area contributed by atoms with Gasteiger partial charge >= 0.3 is 0 Å². The first-order chi connectivity index (χ1) is 12.0. The summed E-state index contributed by atoms with van der Waals surface area (Å²) in [5, 5.41) is 5.35. The van der Waals surface area contributed by atoms with E-state index in [2.05, 4.69) is 10.2 Å². The van der Waals surface area contributed by atoms with Crippen LogP contribution in [0.3, 0.4) is 0 Å². The molecule has 2 aromatic heterocycles. The predicted molar refractivity (Wildman–Crippen MR) is 110 cm³/mol. The quantitative estimate of drug-likeness (QED) is 0.545. The Labute approximate surface area is 164 Å². The van der Waals surface area contributed by atoms with Crippen molar-refractivity contribution in [1.82, 2.24) is 0 Å². The summed E-state index contributed by atoms with van der Waals surface area (Å²) in [6.07, 6.45) is 0.356. The van der Waals surface area contributed by atoms with E-state index in [1.165, 1.54) is 4.88 Å². The molecule has 0 bridgehead atoms.